The van der Waals surface area contributed by atoms with Gasteiger partial charge in [-0.25, -0.2) is 4.98 Å². The summed E-state index contributed by atoms with van der Waals surface area (Å²) in [5.41, 5.74) is 2.77. The number of phenolic OH excluding ortho intramolecular Hbond substituents is 1. The largest absolute Gasteiger partial charge is 0.504 e. The van der Waals surface area contributed by atoms with Gasteiger partial charge in [0.15, 0.2) is 11.5 Å². The van der Waals surface area contributed by atoms with E-state index in [1.807, 2.05) is 12.1 Å². The first-order valence-electron chi connectivity index (χ1n) is 8.82. The fourth-order valence-corrected chi connectivity index (χ4v) is 4.40. The Morgan fingerprint density at radius 1 is 1.19 bits per heavy atom. The maximum atomic E-state index is 10.6. The van der Waals surface area contributed by atoms with Crippen molar-refractivity contribution >= 4 is 28.1 Å². The molecule has 136 valence electrons. The van der Waals surface area contributed by atoms with Crippen LogP contribution in [0.25, 0.3) is 21.4 Å². The van der Waals surface area contributed by atoms with E-state index in [2.05, 4.69) is 35.0 Å². The summed E-state index contributed by atoms with van der Waals surface area (Å²) in [7, 11) is 0. The summed E-state index contributed by atoms with van der Waals surface area (Å²) in [6.45, 7) is 3.85. The molecule has 1 aromatic carbocycles. The minimum atomic E-state index is 0.185. The number of anilines is 1. The molecule has 0 saturated carbocycles. The second-order valence-corrected chi connectivity index (χ2v) is 7.92. The van der Waals surface area contributed by atoms with Crippen LogP contribution in [0.4, 0.5) is 5.82 Å². The molecule has 0 fully saturated rings. The van der Waals surface area contributed by atoms with Crippen LogP contribution in [0.15, 0.2) is 53.3 Å². The lowest BCUT2D eigenvalue weighted by Gasteiger charge is -2.21. The van der Waals surface area contributed by atoms with Crippen molar-refractivity contribution in [3.05, 3.63) is 59.3 Å². The van der Waals surface area contributed by atoms with Crippen molar-refractivity contribution in [1.82, 2.24) is 4.98 Å². The first-order chi connectivity index (χ1) is 13.2. The normalized spacial score (nSPS) is 14.0. The third-order valence-electron chi connectivity index (χ3n) is 4.80. The summed E-state index contributed by atoms with van der Waals surface area (Å²) in [5, 5.41) is 11.5. The van der Waals surface area contributed by atoms with Gasteiger partial charge in [0.1, 0.15) is 18.0 Å². The van der Waals surface area contributed by atoms with Gasteiger partial charge in [-0.05, 0) is 48.9 Å². The predicted molar refractivity (Wildman–Crippen MR) is 107 cm³/mol. The van der Waals surface area contributed by atoms with E-state index in [4.69, 9.17) is 9.15 Å². The highest BCUT2D eigenvalue weighted by molar-refractivity contribution is 7.15. The third-order valence-corrected chi connectivity index (χ3v) is 5.85. The van der Waals surface area contributed by atoms with Gasteiger partial charge in [0, 0.05) is 28.1 Å². The van der Waals surface area contributed by atoms with Crippen LogP contribution < -0.4 is 9.64 Å². The standard InChI is InChI=1S/C21H18N2O3S/c1-13-2-3-19(27-13)14-10-15-12-23(7-9-26-20(15)17(24)11-14)21-16-5-8-25-18(16)4-6-22-21/h2-6,8,10-11,24H,7,9,12H2,1H3. The number of pyridine rings is 1. The van der Waals surface area contributed by atoms with Crippen molar-refractivity contribution in [2.45, 2.75) is 13.5 Å². The van der Waals surface area contributed by atoms with Crippen molar-refractivity contribution < 1.29 is 14.3 Å². The molecule has 3 aromatic heterocycles. The molecule has 0 saturated heterocycles. The second kappa shape index (κ2) is 6.32. The monoisotopic (exact) mass is 378 g/mol. The molecule has 4 heterocycles. The summed E-state index contributed by atoms with van der Waals surface area (Å²) >= 11 is 1.72. The molecule has 0 unspecified atom stereocenters. The number of benzene rings is 1. The smallest absolute Gasteiger partial charge is 0.166 e. The molecule has 0 amide bonds. The van der Waals surface area contributed by atoms with Gasteiger partial charge in [-0.15, -0.1) is 11.3 Å². The maximum Gasteiger partial charge on any atom is 0.166 e. The zero-order valence-electron chi connectivity index (χ0n) is 14.8. The van der Waals surface area contributed by atoms with Crippen LogP contribution in [-0.2, 0) is 6.54 Å². The number of aromatic nitrogens is 1. The average Bonchev–Trinajstić information content (AvgIpc) is 3.25. The number of thiophene rings is 1. The molecule has 5 nitrogen and oxygen atoms in total. The average molecular weight is 378 g/mol. The quantitative estimate of drug-likeness (QED) is 0.534. The summed E-state index contributed by atoms with van der Waals surface area (Å²) in [4.78, 5) is 9.13. The van der Waals surface area contributed by atoms with E-state index in [9.17, 15) is 5.11 Å². The number of aryl methyl sites for hydroxylation is 1. The van der Waals surface area contributed by atoms with Crippen molar-refractivity contribution in [2.24, 2.45) is 0 Å². The van der Waals surface area contributed by atoms with Crippen molar-refractivity contribution in [2.75, 3.05) is 18.1 Å². The summed E-state index contributed by atoms with van der Waals surface area (Å²) in [6.07, 6.45) is 3.44. The van der Waals surface area contributed by atoms with Crippen LogP contribution >= 0.6 is 11.3 Å². The fraction of sp³-hybridized carbons (Fsp3) is 0.190. The molecule has 4 aromatic rings. The van der Waals surface area contributed by atoms with E-state index in [0.29, 0.717) is 25.4 Å². The van der Waals surface area contributed by atoms with E-state index >= 15 is 0 Å². The van der Waals surface area contributed by atoms with E-state index in [1.165, 1.54) is 4.88 Å². The molecule has 1 aliphatic rings. The van der Waals surface area contributed by atoms with Gasteiger partial charge in [-0.1, -0.05) is 0 Å². The molecule has 27 heavy (non-hydrogen) atoms. The van der Waals surface area contributed by atoms with Gasteiger partial charge < -0.3 is 19.2 Å². The fourth-order valence-electron chi connectivity index (χ4n) is 3.54. The second-order valence-electron chi connectivity index (χ2n) is 6.63. The lowest BCUT2D eigenvalue weighted by Crippen LogP contribution is -2.26. The zero-order valence-corrected chi connectivity index (χ0v) is 15.6. The highest BCUT2D eigenvalue weighted by atomic mass is 32.1. The number of fused-ring (bicyclic) bond motifs is 2. The molecular weight excluding hydrogens is 360 g/mol. The number of hydrogen-bond acceptors (Lipinski definition) is 6. The summed E-state index contributed by atoms with van der Waals surface area (Å²) < 4.78 is 11.4. The Balaban J connectivity index is 1.58. The lowest BCUT2D eigenvalue weighted by atomic mass is 10.1. The number of hydrogen-bond donors (Lipinski definition) is 1. The number of ether oxygens (including phenoxy) is 1. The Morgan fingerprint density at radius 3 is 2.96 bits per heavy atom. The molecule has 6 heteroatoms. The van der Waals surface area contributed by atoms with Crippen LogP contribution in [0.5, 0.6) is 11.5 Å². The van der Waals surface area contributed by atoms with Gasteiger partial charge in [0.25, 0.3) is 0 Å². The molecule has 1 aliphatic heterocycles. The first-order valence-corrected chi connectivity index (χ1v) is 9.63. The summed E-state index contributed by atoms with van der Waals surface area (Å²) in [6, 6.07) is 11.9. The summed E-state index contributed by atoms with van der Waals surface area (Å²) in [5.74, 6) is 1.62. The van der Waals surface area contributed by atoms with Crippen LogP contribution in [-0.4, -0.2) is 23.2 Å². The van der Waals surface area contributed by atoms with Crippen LogP contribution in [0, 0.1) is 6.92 Å². The predicted octanol–water partition coefficient (Wildman–Crippen LogP) is 4.97. The Morgan fingerprint density at radius 2 is 2.11 bits per heavy atom. The van der Waals surface area contributed by atoms with Gasteiger partial charge in [0.05, 0.1) is 18.2 Å². The SMILES string of the molecule is Cc1ccc(-c2cc(O)c3c(c2)CN(c2nccc4occc24)CCO3)s1. The molecule has 0 radical (unpaired) electrons. The minimum Gasteiger partial charge on any atom is -0.504 e. The number of nitrogens with zero attached hydrogens (tertiary/aromatic N) is 2. The van der Waals surface area contributed by atoms with Gasteiger partial charge in [-0.2, -0.15) is 0 Å². The molecule has 5 rings (SSSR count). The molecule has 1 N–H and O–H groups in total. The molecule has 0 bridgehead atoms. The van der Waals surface area contributed by atoms with Crippen LogP contribution in [0.3, 0.4) is 0 Å². The van der Waals surface area contributed by atoms with Gasteiger partial charge in [-0.3, -0.25) is 0 Å². The van der Waals surface area contributed by atoms with E-state index in [-0.39, 0.29) is 5.75 Å². The van der Waals surface area contributed by atoms with E-state index in [1.54, 1.807) is 29.9 Å². The topological polar surface area (TPSA) is 58.7 Å². The van der Waals surface area contributed by atoms with Crippen molar-refractivity contribution in [3.63, 3.8) is 0 Å². The first kappa shape index (κ1) is 16.2. The van der Waals surface area contributed by atoms with Gasteiger partial charge >= 0.3 is 0 Å². The third kappa shape index (κ3) is 2.82. The highest BCUT2D eigenvalue weighted by Crippen LogP contribution is 2.40. The molecule has 0 spiro atoms. The Kier molecular flexibility index (Phi) is 3.79. The zero-order chi connectivity index (χ0) is 18.4. The lowest BCUT2D eigenvalue weighted by molar-refractivity contribution is 0.312. The van der Waals surface area contributed by atoms with Crippen molar-refractivity contribution in [1.29, 1.82) is 0 Å². The Bertz CT molecular complexity index is 1130. The number of furan rings is 1. The van der Waals surface area contributed by atoms with E-state index in [0.717, 1.165) is 32.8 Å². The highest BCUT2D eigenvalue weighted by Gasteiger charge is 2.22. The van der Waals surface area contributed by atoms with Crippen LogP contribution in [0.1, 0.15) is 10.4 Å². The van der Waals surface area contributed by atoms with Gasteiger partial charge in [0.2, 0.25) is 0 Å². The number of aromatic hydroxyl groups is 1. The Labute approximate surface area is 160 Å². The molecule has 0 atom stereocenters. The van der Waals surface area contributed by atoms with Crippen LogP contribution in [0.2, 0.25) is 0 Å². The van der Waals surface area contributed by atoms with Crippen molar-refractivity contribution in [3.8, 4) is 21.9 Å². The number of phenols is 1. The Hall–Kier alpha value is -2.99. The minimum absolute atomic E-state index is 0.185. The molecular formula is C21H18N2O3S. The molecule has 0 aliphatic carbocycles. The maximum absolute atomic E-state index is 10.6. The van der Waals surface area contributed by atoms with E-state index < -0.39 is 0 Å². The number of rotatable bonds is 2.